The standard InChI is InChI=1S/C19H17FO3/c1-12(2)19(21)23-18-10-7-15(11-17(18)20)14-5-8-16(9-6-14)22-13(3)4/h5-11H,1,3H2,2,4H3. The molecule has 0 saturated carbocycles. The van der Waals surface area contributed by atoms with Crippen LogP contribution in [0.2, 0.25) is 0 Å². The van der Waals surface area contributed by atoms with Crippen molar-refractivity contribution in [2.24, 2.45) is 0 Å². The van der Waals surface area contributed by atoms with Gasteiger partial charge in [-0.3, -0.25) is 0 Å². The van der Waals surface area contributed by atoms with Crippen LogP contribution in [0.1, 0.15) is 13.8 Å². The monoisotopic (exact) mass is 312 g/mol. The zero-order chi connectivity index (χ0) is 17.0. The molecule has 0 N–H and O–H groups in total. The molecule has 118 valence electrons. The van der Waals surface area contributed by atoms with E-state index >= 15 is 0 Å². The predicted molar refractivity (Wildman–Crippen MR) is 87.7 cm³/mol. The number of hydrogen-bond acceptors (Lipinski definition) is 3. The lowest BCUT2D eigenvalue weighted by molar-refractivity contribution is -0.130. The molecule has 0 unspecified atom stereocenters. The van der Waals surface area contributed by atoms with Gasteiger partial charge in [-0.15, -0.1) is 0 Å². The van der Waals surface area contributed by atoms with Crippen LogP contribution in [0.4, 0.5) is 4.39 Å². The Hall–Kier alpha value is -2.88. The van der Waals surface area contributed by atoms with Crippen LogP contribution in [0, 0.1) is 5.82 Å². The molecule has 4 heteroatoms. The zero-order valence-corrected chi connectivity index (χ0v) is 13.1. The summed E-state index contributed by atoms with van der Waals surface area (Å²) in [5.41, 5.74) is 1.69. The Labute approximate surface area is 134 Å². The summed E-state index contributed by atoms with van der Waals surface area (Å²) in [4.78, 5) is 11.4. The normalized spacial score (nSPS) is 10.0. The molecule has 2 rings (SSSR count). The third-order valence-electron chi connectivity index (χ3n) is 2.96. The van der Waals surface area contributed by atoms with Crippen molar-refractivity contribution in [1.29, 1.82) is 0 Å². The van der Waals surface area contributed by atoms with Gasteiger partial charge in [0.25, 0.3) is 0 Å². The molecule has 3 nitrogen and oxygen atoms in total. The Bertz CT molecular complexity index is 761. The van der Waals surface area contributed by atoms with E-state index in [0.29, 0.717) is 17.1 Å². The minimum Gasteiger partial charge on any atom is -0.463 e. The van der Waals surface area contributed by atoms with Crippen LogP contribution in [0.25, 0.3) is 11.1 Å². The van der Waals surface area contributed by atoms with Crippen LogP contribution in [0.3, 0.4) is 0 Å². The second-order valence-corrected chi connectivity index (χ2v) is 5.14. The number of carbonyl (C=O) groups is 1. The number of hydrogen-bond donors (Lipinski definition) is 0. The largest absolute Gasteiger partial charge is 0.463 e. The molecule has 2 aromatic rings. The molecular formula is C19H17FO3. The Morgan fingerprint density at radius 2 is 1.57 bits per heavy atom. The number of halogens is 1. The molecule has 0 heterocycles. The Balaban J connectivity index is 2.21. The number of rotatable bonds is 5. The molecular weight excluding hydrogens is 295 g/mol. The van der Waals surface area contributed by atoms with Gasteiger partial charge >= 0.3 is 5.97 Å². The van der Waals surface area contributed by atoms with Crippen LogP contribution in [-0.4, -0.2) is 5.97 Å². The van der Waals surface area contributed by atoms with Crippen LogP contribution < -0.4 is 9.47 Å². The topological polar surface area (TPSA) is 35.5 Å². The van der Waals surface area contributed by atoms with Crippen molar-refractivity contribution in [2.75, 3.05) is 0 Å². The summed E-state index contributed by atoms with van der Waals surface area (Å²) in [6.45, 7) is 10.4. The highest BCUT2D eigenvalue weighted by molar-refractivity contribution is 5.88. The molecule has 0 bridgehead atoms. The highest BCUT2D eigenvalue weighted by Gasteiger charge is 2.11. The summed E-state index contributed by atoms with van der Waals surface area (Å²) < 4.78 is 24.4. The van der Waals surface area contributed by atoms with Crippen molar-refractivity contribution in [1.82, 2.24) is 0 Å². The molecule has 0 amide bonds. The van der Waals surface area contributed by atoms with Gasteiger partial charge in [-0.25, -0.2) is 9.18 Å². The molecule has 0 spiro atoms. The second kappa shape index (κ2) is 6.92. The van der Waals surface area contributed by atoms with Gasteiger partial charge in [-0.2, -0.15) is 0 Å². The first-order chi connectivity index (χ1) is 10.9. The summed E-state index contributed by atoms with van der Waals surface area (Å²) in [7, 11) is 0. The van der Waals surface area contributed by atoms with E-state index < -0.39 is 11.8 Å². The lowest BCUT2D eigenvalue weighted by Gasteiger charge is -2.09. The van der Waals surface area contributed by atoms with E-state index in [4.69, 9.17) is 9.47 Å². The minimum atomic E-state index is -0.655. The summed E-state index contributed by atoms with van der Waals surface area (Å²) in [5.74, 6) is -0.137. The van der Waals surface area contributed by atoms with Gasteiger partial charge < -0.3 is 9.47 Å². The van der Waals surface area contributed by atoms with Crippen LogP contribution in [0.15, 0.2) is 67.0 Å². The fraction of sp³-hybridized carbons (Fsp3) is 0.105. The highest BCUT2D eigenvalue weighted by Crippen LogP contribution is 2.27. The quantitative estimate of drug-likeness (QED) is 0.341. The van der Waals surface area contributed by atoms with E-state index in [-0.39, 0.29) is 11.3 Å². The van der Waals surface area contributed by atoms with E-state index in [1.54, 1.807) is 25.1 Å². The maximum Gasteiger partial charge on any atom is 0.338 e. The number of allylic oxidation sites excluding steroid dienone is 1. The third-order valence-corrected chi connectivity index (χ3v) is 2.96. The fourth-order valence-electron chi connectivity index (χ4n) is 1.87. The maximum absolute atomic E-state index is 14.1. The molecule has 0 aliphatic rings. The van der Waals surface area contributed by atoms with Gasteiger partial charge in [-0.05, 0) is 49.2 Å². The van der Waals surface area contributed by atoms with Gasteiger partial charge in [0.15, 0.2) is 11.6 Å². The van der Waals surface area contributed by atoms with E-state index in [2.05, 4.69) is 13.2 Å². The smallest absolute Gasteiger partial charge is 0.338 e. The van der Waals surface area contributed by atoms with Crippen molar-refractivity contribution in [3.63, 3.8) is 0 Å². The third kappa shape index (κ3) is 4.30. The molecule has 0 atom stereocenters. The van der Waals surface area contributed by atoms with E-state index in [1.165, 1.54) is 19.1 Å². The molecule has 0 saturated heterocycles. The first kappa shape index (κ1) is 16.5. The molecule has 23 heavy (non-hydrogen) atoms. The number of carbonyl (C=O) groups excluding carboxylic acids is 1. The van der Waals surface area contributed by atoms with Crippen LogP contribution >= 0.6 is 0 Å². The van der Waals surface area contributed by atoms with Crippen molar-refractivity contribution in [3.05, 3.63) is 72.8 Å². The summed E-state index contributed by atoms with van der Waals surface area (Å²) in [5, 5.41) is 0. The van der Waals surface area contributed by atoms with Crippen molar-refractivity contribution >= 4 is 5.97 Å². The number of ether oxygens (including phenoxy) is 2. The predicted octanol–water partition coefficient (Wildman–Crippen LogP) is 4.89. The number of benzene rings is 2. The number of esters is 1. The maximum atomic E-state index is 14.1. The molecule has 0 radical (unpaired) electrons. The van der Waals surface area contributed by atoms with E-state index in [1.807, 2.05) is 12.1 Å². The molecule has 0 aromatic heterocycles. The van der Waals surface area contributed by atoms with Gasteiger partial charge in [-0.1, -0.05) is 31.4 Å². The Morgan fingerprint density at radius 3 is 2.09 bits per heavy atom. The Morgan fingerprint density at radius 1 is 0.957 bits per heavy atom. The van der Waals surface area contributed by atoms with Gasteiger partial charge in [0, 0.05) is 5.57 Å². The summed E-state index contributed by atoms with van der Waals surface area (Å²) in [6.07, 6.45) is 0. The van der Waals surface area contributed by atoms with E-state index in [0.717, 1.165) is 5.56 Å². The Kier molecular flexibility index (Phi) is 4.96. The van der Waals surface area contributed by atoms with Crippen molar-refractivity contribution < 1.29 is 18.7 Å². The SMILES string of the molecule is C=C(C)Oc1ccc(-c2ccc(OC(=O)C(=C)C)c(F)c2)cc1. The van der Waals surface area contributed by atoms with Crippen molar-refractivity contribution in [2.45, 2.75) is 13.8 Å². The first-order valence-corrected chi connectivity index (χ1v) is 6.98. The lowest BCUT2D eigenvalue weighted by Crippen LogP contribution is -2.09. The van der Waals surface area contributed by atoms with Crippen LogP contribution in [0.5, 0.6) is 11.5 Å². The molecule has 0 fully saturated rings. The average molecular weight is 312 g/mol. The molecule has 0 aliphatic carbocycles. The first-order valence-electron chi connectivity index (χ1n) is 6.98. The summed E-state index contributed by atoms with van der Waals surface area (Å²) >= 11 is 0. The molecule has 2 aromatic carbocycles. The second-order valence-electron chi connectivity index (χ2n) is 5.14. The minimum absolute atomic E-state index is 0.121. The van der Waals surface area contributed by atoms with Gasteiger partial charge in [0.05, 0.1) is 5.76 Å². The average Bonchev–Trinajstić information content (AvgIpc) is 2.49. The zero-order valence-electron chi connectivity index (χ0n) is 13.1. The fourth-order valence-corrected chi connectivity index (χ4v) is 1.87. The molecule has 0 aliphatic heterocycles. The highest BCUT2D eigenvalue weighted by atomic mass is 19.1. The van der Waals surface area contributed by atoms with Crippen molar-refractivity contribution in [3.8, 4) is 22.6 Å². The van der Waals surface area contributed by atoms with Gasteiger partial charge in [0.2, 0.25) is 0 Å². The van der Waals surface area contributed by atoms with Gasteiger partial charge in [0.1, 0.15) is 5.75 Å². The lowest BCUT2D eigenvalue weighted by atomic mass is 10.1. The summed E-state index contributed by atoms with van der Waals surface area (Å²) in [6, 6.07) is 11.6. The van der Waals surface area contributed by atoms with Crippen LogP contribution in [-0.2, 0) is 4.79 Å². The van der Waals surface area contributed by atoms with E-state index in [9.17, 15) is 9.18 Å².